The Kier molecular flexibility index (Phi) is 3.05. The summed E-state index contributed by atoms with van der Waals surface area (Å²) in [5.41, 5.74) is 0. The van der Waals surface area contributed by atoms with Crippen LogP contribution in [0.5, 0.6) is 0 Å². The van der Waals surface area contributed by atoms with Crippen LogP contribution in [0.3, 0.4) is 0 Å². The van der Waals surface area contributed by atoms with Crippen LogP contribution in [0.15, 0.2) is 22.9 Å². The second kappa shape index (κ2) is 4.28. The first-order valence-corrected chi connectivity index (χ1v) is 6.63. The average molecular weight is 242 g/mol. The average Bonchev–Trinajstić information content (AvgIpc) is 2.71. The van der Waals surface area contributed by atoms with E-state index in [1.165, 1.54) is 9.75 Å². The molecule has 0 radical (unpaired) electrons. The monoisotopic (exact) mass is 242 g/mol. The van der Waals surface area contributed by atoms with Crippen LogP contribution >= 0.6 is 46.2 Å². The molecular formula is C9H6S4. The summed E-state index contributed by atoms with van der Waals surface area (Å²) in [5, 5.41) is 4.17. The fourth-order valence-electron chi connectivity index (χ4n) is 0.874. The van der Waals surface area contributed by atoms with E-state index in [9.17, 15) is 0 Å². The molecule has 4 heteroatoms. The van der Waals surface area contributed by atoms with Crippen LogP contribution in [0.25, 0.3) is 12.2 Å². The van der Waals surface area contributed by atoms with Crippen LogP contribution in [0.4, 0.5) is 0 Å². The van der Waals surface area contributed by atoms with Crippen molar-refractivity contribution in [1.82, 2.24) is 0 Å². The van der Waals surface area contributed by atoms with Gasteiger partial charge in [-0.25, -0.2) is 0 Å². The Morgan fingerprint density at radius 3 is 2.62 bits per heavy atom. The molecule has 0 saturated carbocycles. The fraction of sp³-hybridized carbons (Fsp3) is 0. The van der Waals surface area contributed by atoms with Gasteiger partial charge >= 0.3 is 0 Å². The Labute approximate surface area is 93.8 Å². The largest absolute Gasteiger partial charge is 0.144 e. The van der Waals surface area contributed by atoms with Crippen molar-refractivity contribution in [2.45, 2.75) is 0 Å². The van der Waals surface area contributed by atoms with E-state index in [1.54, 1.807) is 34.0 Å². The molecule has 2 heterocycles. The van der Waals surface area contributed by atoms with Gasteiger partial charge in [-0.1, -0.05) is 18.3 Å². The van der Waals surface area contributed by atoms with E-state index in [4.69, 9.17) is 12.2 Å². The molecule has 66 valence electrons. The van der Waals surface area contributed by atoms with Gasteiger partial charge in [-0.05, 0) is 23.6 Å². The SMILES string of the molecule is S=c1scc(/C=C/c2cccs2)s1. The zero-order chi connectivity index (χ0) is 9.10. The lowest BCUT2D eigenvalue weighted by Crippen LogP contribution is -1.56. The molecule has 0 fully saturated rings. The van der Waals surface area contributed by atoms with E-state index in [0.29, 0.717) is 0 Å². The zero-order valence-electron chi connectivity index (χ0n) is 6.60. The molecule has 0 saturated heterocycles. The zero-order valence-corrected chi connectivity index (χ0v) is 9.86. The van der Waals surface area contributed by atoms with E-state index in [2.05, 4.69) is 35.0 Å². The van der Waals surface area contributed by atoms with Gasteiger partial charge in [-0.15, -0.1) is 34.0 Å². The molecule has 2 aromatic heterocycles. The molecule has 2 rings (SSSR count). The topological polar surface area (TPSA) is 0 Å². The van der Waals surface area contributed by atoms with Gasteiger partial charge in [0.15, 0.2) is 0 Å². The molecule has 0 aliphatic rings. The van der Waals surface area contributed by atoms with Crippen LogP contribution < -0.4 is 0 Å². The number of rotatable bonds is 2. The molecule has 0 bridgehead atoms. The lowest BCUT2D eigenvalue weighted by atomic mass is 10.4. The number of hydrogen-bond acceptors (Lipinski definition) is 4. The van der Waals surface area contributed by atoms with Crippen molar-refractivity contribution in [3.63, 3.8) is 0 Å². The van der Waals surface area contributed by atoms with Crippen LogP contribution in [0, 0.1) is 3.14 Å². The molecule has 0 aliphatic carbocycles. The van der Waals surface area contributed by atoms with Gasteiger partial charge in [0.05, 0.1) is 0 Å². The van der Waals surface area contributed by atoms with Crippen molar-refractivity contribution in [1.29, 1.82) is 0 Å². The predicted molar refractivity (Wildman–Crippen MR) is 66.3 cm³/mol. The lowest BCUT2D eigenvalue weighted by molar-refractivity contribution is 1.96. The molecule has 0 spiro atoms. The van der Waals surface area contributed by atoms with Gasteiger partial charge < -0.3 is 0 Å². The summed E-state index contributed by atoms with van der Waals surface area (Å²) in [6.07, 6.45) is 4.24. The van der Waals surface area contributed by atoms with Crippen molar-refractivity contribution in [3.05, 3.63) is 35.8 Å². The van der Waals surface area contributed by atoms with Gasteiger partial charge in [0, 0.05) is 15.1 Å². The third kappa shape index (κ3) is 2.57. The van der Waals surface area contributed by atoms with Crippen molar-refractivity contribution >= 4 is 58.4 Å². The van der Waals surface area contributed by atoms with E-state index in [-0.39, 0.29) is 0 Å². The van der Waals surface area contributed by atoms with Crippen LogP contribution in [-0.2, 0) is 0 Å². The summed E-state index contributed by atoms with van der Waals surface area (Å²) < 4.78 is 0.992. The second-order valence-electron chi connectivity index (χ2n) is 2.34. The fourth-order valence-corrected chi connectivity index (χ4v) is 3.51. The standard InChI is InChI=1S/C9H6S4/c10-9-12-6-8(13-9)4-3-7-2-1-5-11-7/h1-6H/b4-3+. The van der Waals surface area contributed by atoms with Crippen LogP contribution in [0.2, 0.25) is 0 Å². The predicted octanol–water partition coefficient (Wildman–Crippen LogP) is 4.77. The highest BCUT2D eigenvalue weighted by atomic mass is 32.2. The summed E-state index contributed by atoms with van der Waals surface area (Å²) in [7, 11) is 0. The maximum atomic E-state index is 5.05. The first kappa shape index (κ1) is 9.27. The van der Waals surface area contributed by atoms with E-state index < -0.39 is 0 Å². The van der Waals surface area contributed by atoms with Crippen LogP contribution in [-0.4, -0.2) is 0 Å². The van der Waals surface area contributed by atoms with Crippen molar-refractivity contribution in [3.8, 4) is 0 Å². The Morgan fingerprint density at radius 2 is 2.00 bits per heavy atom. The highest BCUT2D eigenvalue weighted by Crippen LogP contribution is 2.20. The normalized spacial score (nSPS) is 11.1. The summed E-state index contributed by atoms with van der Waals surface area (Å²) in [4.78, 5) is 2.52. The Bertz CT molecular complexity index is 444. The van der Waals surface area contributed by atoms with E-state index in [1.807, 2.05) is 0 Å². The quantitative estimate of drug-likeness (QED) is 0.683. The molecule has 0 aliphatic heterocycles. The first-order valence-electron chi connectivity index (χ1n) is 3.65. The molecule has 0 nitrogen and oxygen atoms in total. The molecule has 0 unspecified atom stereocenters. The molecule has 0 aromatic carbocycles. The van der Waals surface area contributed by atoms with Gasteiger partial charge in [-0.3, -0.25) is 0 Å². The minimum absolute atomic E-state index is 0.992. The van der Waals surface area contributed by atoms with Gasteiger partial charge in [0.2, 0.25) is 0 Å². The maximum absolute atomic E-state index is 5.05. The van der Waals surface area contributed by atoms with Crippen LogP contribution in [0.1, 0.15) is 9.75 Å². The maximum Gasteiger partial charge on any atom is 0.144 e. The summed E-state index contributed by atoms with van der Waals surface area (Å²) in [6.45, 7) is 0. The minimum Gasteiger partial charge on any atom is -0.144 e. The highest BCUT2D eigenvalue weighted by molar-refractivity contribution is 7.76. The lowest BCUT2D eigenvalue weighted by Gasteiger charge is -1.81. The van der Waals surface area contributed by atoms with Crippen molar-refractivity contribution in [2.24, 2.45) is 0 Å². The molecular weight excluding hydrogens is 236 g/mol. The van der Waals surface area contributed by atoms with E-state index in [0.717, 1.165) is 3.14 Å². The van der Waals surface area contributed by atoms with E-state index >= 15 is 0 Å². The summed E-state index contributed by atoms with van der Waals surface area (Å²) >= 11 is 10.1. The smallest absolute Gasteiger partial charge is 0.144 e. The Morgan fingerprint density at radius 1 is 1.15 bits per heavy atom. The second-order valence-corrected chi connectivity index (χ2v) is 6.47. The summed E-state index contributed by atoms with van der Waals surface area (Å²) in [6, 6.07) is 4.16. The summed E-state index contributed by atoms with van der Waals surface area (Å²) in [5.74, 6) is 0. The molecule has 2 aromatic rings. The molecule has 0 N–H and O–H groups in total. The van der Waals surface area contributed by atoms with Gasteiger partial charge in [0.1, 0.15) is 3.14 Å². The highest BCUT2D eigenvalue weighted by Gasteiger charge is 1.90. The number of hydrogen-bond donors (Lipinski definition) is 0. The van der Waals surface area contributed by atoms with Gasteiger partial charge in [-0.2, -0.15) is 0 Å². The molecule has 0 amide bonds. The van der Waals surface area contributed by atoms with Crippen molar-refractivity contribution < 1.29 is 0 Å². The third-order valence-electron chi connectivity index (χ3n) is 1.43. The Balaban J connectivity index is 2.19. The first-order chi connectivity index (χ1) is 6.34. The number of thiophene rings is 1. The molecule has 0 atom stereocenters. The Hall–Kier alpha value is -0.290. The van der Waals surface area contributed by atoms with Crippen molar-refractivity contribution in [2.75, 3.05) is 0 Å². The van der Waals surface area contributed by atoms with Gasteiger partial charge in [0.25, 0.3) is 0 Å². The third-order valence-corrected chi connectivity index (χ3v) is 4.71. The minimum atomic E-state index is 0.992. The molecule has 13 heavy (non-hydrogen) atoms.